The van der Waals surface area contributed by atoms with Gasteiger partial charge >= 0.3 is 5.63 Å². The second-order valence-electron chi connectivity index (χ2n) is 10.0. The van der Waals surface area contributed by atoms with Crippen LogP contribution in [-0.4, -0.2) is 22.5 Å². The van der Waals surface area contributed by atoms with Crippen molar-refractivity contribution in [2.24, 2.45) is 0 Å². The number of aryl methyl sites for hydroxylation is 2. The van der Waals surface area contributed by atoms with Crippen molar-refractivity contribution in [2.75, 3.05) is 0 Å². The molecule has 3 heterocycles. The standard InChI is InChI=1S/C28H30N2O4/c1-16(11-19-15-29-23-8-6-5-7-20(19)23)30-26(31)13-22-17(2)21-12-18-9-10-28(3,4)34-24(18)14-25(21)33-27(22)32/h5-8,12,14-16,29H,9-11,13H2,1-4H3,(H,30,31)/t16-/m0/s1. The SMILES string of the molecule is Cc1c(CC(=O)N[C@@H](C)Cc2c[nH]c3ccccc23)c(=O)oc2cc3c(cc12)CCC(C)(C)O3. The summed E-state index contributed by atoms with van der Waals surface area (Å²) in [5, 5.41) is 5.05. The second-order valence-corrected chi connectivity index (χ2v) is 10.0. The summed E-state index contributed by atoms with van der Waals surface area (Å²) in [5.74, 6) is 0.577. The van der Waals surface area contributed by atoms with Gasteiger partial charge in [0.05, 0.1) is 12.0 Å². The molecule has 5 rings (SSSR count). The molecule has 6 heteroatoms. The van der Waals surface area contributed by atoms with E-state index in [0.717, 1.165) is 51.6 Å². The summed E-state index contributed by atoms with van der Waals surface area (Å²) >= 11 is 0. The molecule has 1 aliphatic heterocycles. The lowest BCUT2D eigenvalue weighted by atomic mass is 9.92. The quantitative estimate of drug-likeness (QED) is 0.413. The Hall–Kier alpha value is -3.54. The van der Waals surface area contributed by atoms with E-state index in [9.17, 15) is 9.59 Å². The molecule has 0 unspecified atom stereocenters. The molecule has 0 spiro atoms. The first-order chi connectivity index (χ1) is 16.2. The van der Waals surface area contributed by atoms with Gasteiger partial charge in [-0.25, -0.2) is 4.79 Å². The molecule has 2 aromatic heterocycles. The number of carbonyl (C=O) groups is 1. The minimum absolute atomic E-state index is 0.0110. The Kier molecular flexibility index (Phi) is 5.47. The Balaban J connectivity index is 1.34. The van der Waals surface area contributed by atoms with Crippen molar-refractivity contribution in [1.82, 2.24) is 10.3 Å². The number of nitrogens with one attached hydrogen (secondary N) is 2. The third kappa shape index (κ3) is 4.20. The van der Waals surface area contributed by atoms with Gasteiger partial charge in [0.1, 0.15) is 16.9 Å². The lowest BCUT2D eigenvalue weighted by Gasteiger charge is -2.32. The summed E-state index contributed by atoms with van der Waals surface area (Å²) < 4.78 is 11.7. The molecule has 1 amide bonds. The number of carbonyl (C=O) groups excluding carboxylic acids is 1. The van der Waals surface area contributed by atoms with Crippen molar-refractivity contribution in [2.45, 2.75) is 65.0 Å². The van der Waals surface area contributed by atoms with Gasteiger partial charge in [0, 0.05) is 34.6 Å². The maximum Gasteiger partial charge on any atom is 0.340 e. The van der Waals surface area contributed by atoms with Gasteiger partial charge in [0.15, 0.2) is 0 Å². The van der Waals surface area contributed by atoms with Crippen molar-refractivity contribution in [3.05, 3.63) is 75.3 Å². The number of benzene rings is 2. The van der Waals surface area contributed by atoms with Crippen molar-refractivity contribution in [3.8, 4) is 5.75 Å². The van der Waals surface area contributed by atoms with Gasteiger partial charge in [0.25, 0.3) is 0 Å². The van der Waals surface area contributed by atoms with Crippen molar-refractivity contribution in [1.29, 1.82) is 0 Å². The number of hydrogen-bond donors (Lipinski definition) is 2. The molecular formula is C28H30N2O4. The number of hydrogen-bond acceptors (Lipinski definition) is 4. The Morgan fingerprint density at radius 2 is 2.00 bits per heavy atom. The van der Waals surface area contributed by atoms with Crippen LogP contribution in [0.1, 0.15) is 49.4 Å². The van der Waals surface area contributed by atoms with Crippen LogP contribution in [0.5, 0.6) is 5.75 Å². The first-order valence-corrected chi connectivity index (χ1v) is 11.8. The minimum atomic E-state index is -0.473. The molecule has 0 fully saturated rings. The lowest BCUT2D eigenvalue weighted by molar-refractivity contribution is -0.121. The third-order valence-electron chi connectivity index (χ3n) is 6.80. The predicted molar refractivity (Wildman–Crippen MR) is 134 cm³/mol. The molecule has 0 radical (unpaired) electrons. The number of amides is 1. The van der Waals surface area contributed by atoms with Crippen molar-refractivity contribution < 1.29 is 13.9 Å². The van der Waals surface area contributed by atoms with E-state index in [0.29, 0.717) is 17.6 Å². The Morgan fingerprint density at radius 3 is 2.82 bits per heavy atom. The molecule has 176 valence electrons. The highest BCUT2D eigenvalue weighted by molar-refractivity contribution is 5.86. The smallest absolute Gasteiger partial charge is 0.340 e. The lowest BCUT2D eigenvalue weighted by Crippen LogP contribution is -2.36. The molecule has 1 aliphatic rings. The first-order valence-electron chi connectivity index (χ1n) is 11.8. The maximum atomic E-state index is 12.8. The fraction of sp³-hybridized carbons (Fsp3) is 0.357. The van der Waals surface area contributed by atoms with Crippen LogP contribution in [0.4, 0.5) is 0 Å². The molecule has 0 saturated carbocycles. The van der Waals surface area contributed by atoms with Gasteiger partial charge in [-0.1, -0.05) is 18.2 Å². The summed E-state index contributed by atoms with van der Waals surface area (Å²) in [5.41, 5.74) is 4.31. The number of aromatic nitrogens is 1. The molecule has 2 N–H and O–H groups in total. The molecule has 1 atom stereocenters. The highest BCUT2D eigenvalue weighted by Gasteiger charge is 2.28. The van der Waals surface area contributed by atoms with Crippen LogP contribution in [0.2, 0.25) is 0 Å². The van der Waals surface area contributed by atoms with Crippen LogP contribution in [-0.2, 0) is 24.1 Å². The average Bonchev–Trinajstić information content (AvgIpc) is 3.18. The number of ether oxygens (including phenoxy) is 1. The highest BCUT2D eigenvalue weighted by atomic mass is 16.5. The van der Waals surface area contributed by atoms with Gasteiger partial charge in [-0.05, 0) is 75.8 Å². The average molecular weight is 459 g/mol. The van der Waals surface area contributed by atoms with E-state index >= 15 is 0 Å². The zero-order valence-electron chi connectivity index (χ0n) is 20.1. The largest absolute Gasteiger partial charge is 0.487 e. The van der Waals surface area contributed by atoms with Crippen molar-refractivity contribution >= 4 is 27.8 Å². The van der Waals surface area contributed by atoms with Crippen LogP contribution in [0, 0.1) is 6.92 Å². The zero-order chi connectivity index (χ0) is 24.0. The highest BCUT2D eigenvalue weighted by Crippen LogP contribution is 2.36. The zero-order valence-corrected chi connectivity index (χ0v) is 20.1. The van der Waals surface area contributed by atoms with Crippen LogP contribution < -0.4 is 15.7 Å². The van der Waals surface area contributed by atoms with Crippen LogP contribution in [0.3, 0.4) is 0 Å². The van der Waals surface area contributed by atoms with Crippen LogP contribution >= 0.6 is 0 Å². The van der Waals surface area contributed by atoms with Gasteiger partial charge in [0.2, 0.25) is 5.91 Å². The summed E-state index contributed by atoms with van der Waals surface area (Å²) in [7, 11) is 0. The molecule has 2 aromatic carbocycles. The Morgan fingerprint density at radius 1 is 1.21 bits per heavy atom. The van der Waals surface area contributed by atoms with Gasteiger partial charge in [-0.3, -0.25) is 4.79 Å². The van der Waals surface area contributed by atoms with E-state index in [1.54, 1.807) is 0 Å². The molecule has 4 aromatic rings. The fourth-order valence-corrected chi connectivity index (χ4v) is 4.91. The van der Waals surface area contributed by atoms with Crippen molar-refractivity contribution in [3.63, 3.8) is 0 Å². The monoisotopic (exact) mass is 458 g/mol. The minimum Gasteiger partial charge on any atom is -0.487 e. The van der Waals surface area contributed by atoms with E-state index in [4.69, 9.17) is 9.15 Å². The molecule has 0 aliphatic carbocycles. The van der Waals surface area contributed by atoms with E-state index < -0.39 is 5.63 Å². The Labute approximate surface area is 198 Å². The first kappa shape index (κ1) is 22.3. The van der Waals surface area contributed by atoms with Crippen LogP contribution in [0.15, 0.2) is 51.8 Å². The van der Waals surface area contributed by atoms with Crippen LogP contribution in [0.25, 0.3) is 21.9 Å². The van der Waals surface area contributed by atoms with E-state index in [-0.39, 0.29) is 24.0 Å². The van der Waals surface area contributed by atoms with Gasteiger partial charge in [-0.2, -0.15) is 0 Å². The fourth-order valence-electron chi connectivity index (χ4n) is 4.91. The van der Waals surface area contributed by atoms with E-state index in [1.807, 2.05) is 50.4 Å². The summed E-state index contributed by atoms with van der Waals surface area (Å²) in [6.07, 6.45) is 4.50. The molecule has 0 bridgehead atoms. The number of H-pyrrole nitrogens is 1. The molecule has 34 heavy (non-hydrogen) atoms. The summed E-state index contributed by atoms with van der Waals surface area (Å²) in [6, 6.07) is 11.9. The number of aromatic amines is 1. The normalized spacial score (nSPS) is 15.6. The number of fused-ring (bicyclic) bond motifs is 3. The van der Waals surface area contributed by atoms with E-state index in [1.165, 1.54) is 0 Å². The van der Waals surface area contributed by atoms with Gasteiger partial charge in [-0.15, -0.1) is 0 Å². The topological polar surface area (TPSA) is 84.3 Å². The number of para-hydroxylation sites is 1. The molecule has 0 saturated heterocycles. The third-order valence-corrected chi connectivity index (χ3v) is 6.80. The maximum absolute atomic E-state index is 12.8. The summed E-state index contributed by atoms with van der Waals surface area (Å²) in [6.45, 7) is 7.98. The summed E-state index contributed by atoms with van der Waals surface area (Å²) in [4.78, 5) is 28.9. The predicted octanol–water partition coefficient (Wildman–Crippen LogP) is 4.98. The molecular weight excluding hydrogens is 428 g/mol. The van der Waals surface area contributed by atoms with E-state index in [2.05, 4.69) is 30.2 Å². The Bertz CT molecular complexity index is 1460. The van der Waals surface area contributed by atoms with Gasteiger partial charge < -0.3 is 19.5 Å². The second kappa shape index (κ2) is 8.35. The molecule has 6 nitrogen and oxygen atoms in total. The number of rotatable bonds is 5.